The van der Waals surface area contributed by atoms with Crippen molar-refractivity contribution in [1.82, 2.24) is 5.32 Å². The second kappa shape index (κ2) is 11.3. The van der Waals surface area contributed by atoms with E-state index in [0.717, 1.165) is 11.1 Å². The fourth-order valence-electron chi connectivity index (χ4n) is 3.65. The van der Waals surface area contributed by atoms with Gasteiger partial charge in [-0.1, -0.05) is 59.6 Å². The topological polar surface area (TPSA) is 81.7 Å². The van der Waals surface area contributed by atoms with Crippen molar-refractivity contribution in [3.8, 4) is 0 Å². The van der Waals surface area contributed by atoms with Gasteiger partial charge in [0.2, 0.25) is 5.91 Å². The molecule has 0 atom stereocenters. The zero-order valence-electron chi connectivity index (χ0n) is 17.6. The average molecular weight is 478 g/mol. The first kappa shape index (κ1) is 24.1. The Bertz CT molecular complexity index is 913. The van der Waals surface area contributed by atoms with Gasteiger partial charge >= 0.3 is 11.9 Å². The van der Waals surface area contributed by atoms with Crippen molar-refractivity contribution in [2.45, 2.75) is 57.3 Å². The third kappa shape index (κ3) is 6.97. The highest BCUT2D eigenvalue weighted by Crippen LogP contribution is 2.31. The minimum atomic E-state index is -0.621. The fourth-order valence-corrected chi connectivity index (χ4v) is 4.03. The number of amides is 1. The van der Waals surface area contributed by atoms with E-state index in [2.05, 4.69) is 5.32 Å². The molecule has 3 rings (SSSR count). The van der Waals surface area contributed by atoms with Crippen LogP contribution < -0.4 is 5.32 Å². The standard InChI is InChI=1S/C24H25Cl2NO5/c25-19-7-3-1-5-17(19)15-31-22(29)10-13-24(12-9-21(28)27-24)14-11-23(30)32-16-18-6-2-4-8-20(18)26/h1-8H,9-16H2,(H,27,28). The molecule has 8 heteroatoms. The molecule has 1 heterocycles. The fraction of sp³-hybridized carbons (Fsp3) is 0.375. The van der Waals surface area contributed by atoms with Gasteiger partial charge in [0.15, 0.2) is 0 Å². The lowest BCUT2D eigenvalue weighted by molar-refractivity contribution is -0.145. The van der Waals surface area contributed by atoms with Crippen LogP contribution in [-0.4, -0.2) is 23.4 Å². The molecule has 0 saturated carbocycles. The zero-order valence-corrected chi connectivity index (χ0v) is 19.1. The molecule has 2 aromatic carbocycles. The predicted octanol–water partition coefficient (Wildman–Crippen LogP) is 4.99. The smallest absolute Gasteiger partial charge is 0.306 e. The molecular formula is C24H25Cl2NO5. The summed E-state index contributed by atoms with van der Waals surface area (Å²) in [5, 5.41) is 4.02. The minimum Gasteiger partial charge on any atom is -0.461 e. The summed E-state index contributed by atoms with van der Waals surface area (Å²) >= 11 is 12.2. The first-order valence-corrected chi connectivity index (χ1v) is 11.2. The van der Waals surface area contributed by atoms with Crippen molar-refractivity contribution < 1.29 is 23.9 Å². The van der Waals surface area contributed by atoms with E-state index in [-0.39, 0.29) is 43.9 Å². The molecule has 0 spiro atoms. The summed E-state index contributed by atoms with van der Waals surface area (Å²) in [5.74, 6) is -0.850. The third-order valence-corrected chi connectivity index (χ3v) is 6.28. The van der Waals surface area contributed by atoms with E-state index in [1.807, 2.05) is 12.1 Å². The van der Waals surface area contributed by atoms with E-state index < -0.39 is 5.54 Å². The van der Waals surface area contributed by atoms with Gasteiger partial charge in [-0.2, -0.15) is 0 Å². The number of benzene rings is 2. The Morgan fingerprint density at radius 1 is 0.844 bits per heavy atom. The van der Waals surface area contributed by atoms with Crippen LogP contribution in [0, 0.1) is 0 Å². The van der Waals surface area contributed by atoms with Crippen molar-refractivity contribution in [2.75, 3.05) is 0 Å². The number of carbonyl (C=O) groups is 3. The van der Waals surface area contributed by atoms with E-state index >= 15 is 0 Å². The zero-order chi connectivity index (χ0) is 23.0. The lowest BCUT2D eigenvalue weighted by atomic mass is 9.87. The van der Waals surface area contributed by atoms with Crippen molar-refractivity contribution in [2.24, 2.45) is 0 Å². The summed E-state index contributed by atoms with van der Waals surface area (Å²) in [6.07, 6.45) is 1.94. The number of ether oxygens (including phenoxy) is 2. The Kier molecular flexibility index (Phi) is 8.53. The van der Waals surface area contributed by atoms with Crippen LogP contribution in [0.1, 0.15) is 49.7 Å². The molecule has 6 nitrogen and oxygen atoms in total. The molecule has 0 bridgehead atoms. The van der Waals surface area contributed by atoms with Gasteiger partial charge in [-0.05, 0) is 31.4 Å². The second-order valence-corrected chi connectivity index (χ2v) is 8.65. The van der Waals surface area contributed by atoms with Gasteiger partial charge in [0, 0.05) is 46.0 Å². The van der Waals surface area contributed by atoms with Crippen LogP contribution >= 0.6 is 23.2 Å². The van der Waals surface area contributed by atoms with Crippen molar-refractivity contribution in [3.05, 3.63) is 69.7 Å². The number of hydrogen-bond donors (Lipinski definition) is 1. The summed E-state index contributed by atoms with van der Waals surface area (Å²) in [4.78, 5) is 36.4. The molecule has 0 aliphatic carbocycles. The number of nitrogens with one attached hydrogen (secondary N) is 1. The minimum absolute atomic E-state index is 0.0844. The average Bonchev–Trinajstić information content (AvgIpc) is 3.16. The molecule has 32 heavy (non-hydrogen) atoms. The van der Waals surface area contributed by atoms with Crippen LogP contribution in [0.3, 0.4) is 0 Å². The van der Waals surface area contributed by atoms with E-state index in [1.54, 1.807) is 36.4 Å². The lowest BCUT2D eigenvalue weighted by Gasteiger charge is -2.28. The maximum Gasteiger partial charge on any atom is 0.306 e. The number of esters is 2. The molecule has 170 valence electrons. The molecule has 1 amide bonds. The number of carbonyl (C=O) groups excluding carboxylic acids is 3. The molecule has 0 unspecified atom stereocenters. The van der Waals surface area contributed by atoms with Crippen LogP contribution in [0.2, 0.25) is 10.0 Å². The van der Waals surface area contributed by atoms with Crippen LogP contribution in [0.25, 0.3) is 0 Å². The Hall–Kier alpha value is -2.57. The van der Waals surface area contributed by atoms with Gasteiger partial charge in [-0.15, -0.1) is 0 Å². The van der Waals surface area contributed by atoms with Crippen molar-refractivity contribution >= 4 is 41.0 Å². The summed E-state index contributed by atoms with van der Waals surface area (Å²) in [6, 6.07) is 14.3. The van der Waals surface area contributed by atoms with E-state index in [9.17, 15) is 14.4 Å². The van der Waals surface area contributed by atoms with Crippen molar-refractivity contribution in [3.63, 3.8) is 0 Å². The van der Waals surface area contributed by atoms with Crippen LogP contribution in [0.15, 0.2) is 48.5 Å². The van der Waals surface area contributed by atoms with Gasteiger partial charge in [-0.25, -0.2) is 0 Å². The molecule has 1 N–H and O–H groups in total. The highest BCUT2D eigenvalue weighted by atomic mass is 35.5. The van der Waals surface area contributed by atoms with Crippen LogP contribution in [0.4, 0.5) is 0 Å². The molecule has 2 aromatic rings. The first-order chi connectivity index (χ1) is 15.4. The molecule has 1 saturated heterocycles. The van der Waals surface area contributed by atoms with Crippen LogP contribution in [0.5, 0.6) is 0 Å². The van der Waals surface area contributed by atoms with Crippen LogP contribution in [-0.2, 0) is 37.1 Å². The Morgan fingerprint density at radius 3 is 1.72 bits per heavy atom. The Balaban J connectivity index is 1.47. The summed E-state index contributed by atoms with van der Waals surface area (Å²) in [7, 11) is 0. The monoisotopic (exact) mass is 477 g/mol. The molecular weight excluding hydrogens is 453 g/mol. The second-order valence-electron chi connectivity index (χ2n) is 7.83. The molecule has 0 aromatic heterocycles. The normalized spacial score (nSPS) is 14.6. The van der Waals surface area contributed by atoms with Gasteiger partial charge in [0.1, 0.15) is 13.2 Å². The number of hydrogen-bond acceptors (Lipinski definition) is 5. The molecule has 1 aliphatic heterocycles. The molecule has 0 radical (unpaired) electrons. The Morgan fingerprint density at radius 2 is 1.31 bits per heavy atom. The van der Waals surface area contributed by atoms with Gasteiger partial charge in [0.25, 0.3) is 0 Å². The highest BCUT2D eigenvalue weighted by Gasteiger charge is 2.38. The van der Waals surface area contributed by atoms with E-state index in [0.29, 0.717) is 35.7 Å². The van der Waals surface area contributed by atoms with Gasteiger partial charge < -0.3 is 14.8 Å². The third-order valence-electron chi connectivity index (χ3n) is 5.54. The van der Waals surface area contributed by atoms with Gasteiger partial charge in [-0.3, -0.25) is 14.4 Å². The summed E-state index contributed by atoms with van der Waals surface area (Å²) in [5.41, 5.74) is 0.838. The number of rotatable bonds is 10. The SMILES string of the molecule is O=C1CCC(CCC(=O)OCc2ccccc2Cl)(CCC(=O)OCc2ccccc2Cl)N1. The number of halogens is 2. The maximum atomic E-state index is 12.3. The van der Waals surface area contributed by atoms with E-state index in [1.165, 1.54) is 0 Å². The van der Waals surface area contributed by atoms with E-state index in [4.69, 9.17) is 32.7 Å². The predicted molar refractivity (Wildman–Crippen MR) is 121 cm³/mol. The largest absolute Gasteiger partial charge is 0.461 e. The Labute approximate surface area is 197 Å². The highest BCUT2D eigenvalue weighted by molar-refractivity contribution is 6.31. The summed E-state index contributed by atoms with van der Waals surface area (Å²) < 4.78 is 10.6. The molecule has 1 fully saturated rings. The summed E-state index contributed by atoms with van der Waals surface area (Å²) in [6.45, 7) is 0.179. The first-order valence-electron chi connectivity index (χ1n) is 10.5. The quantitative estimate of drug-likeness (QED) is 0.487. The lowest BCUT2D eigenvalue weighted by Crippen LogP contribution is -2.42. The maximum absolute atomic E-state index is 12.3. The molecule has 1 aliphatic rings. The van der Waals surface area contributed by atoms with Crippen molar-refractivity contribution in [1.29, 1.82) is 0 Å². The van der Waals surface area contributed by atoms with Gasteiger partial charge in [0.05, 0.1) is 0 Å².